The SMILES string of the molecule is CC1CN2CCCCC2CN1C1C=CS(=O)(=O)C1. The number of fused-ring (bicyclic) bond motifs is 1. The third-order valence-electron chi connectivity index (χ3n) is 4.57. The number of hydrogen-bond acceptors (Lipinski definition) is 4. The van der Waals surface area contributed by atoms with E-state index in [0.717, 1.165) is 13.1 Å². The van der Waals surface area contributed by atoms with Crippen LogP contribution in [0.1, 0.15) is 26.2 Å². The fourth-order valence-corrected chi connectivity index (χ4v) is 4.91. The Morgan fingerprint density at radius 3 is 2.78 bits per heavy atom. The van der Waals surface area contributed by atoms with Crippen LogP contribution in [0.4, 0.5) is 0 Å². The van der Waals surface area contributed by atoms with E-state index in [0.29, 0.717) is 12.1 Å². The summed E-state index contributed by atoms with van der Waals surface area (Å²) in [6.07, 6.45) is 5.79. The van der Waals surface area contributed by atoms with E-state index in [1.807, 2.05) is 6.08 Å². The number of piperidine rings is 1. The van der Waals surface area contributed by atoms with Crippen LogP contribution in [0.5, 0.6) is 0 Å². The van der Waals surface area contributed by atoms with Crippen molar-refractivity contribution >= 4 is 9.84 Å². The van der Waals surface area contributed by atoms with Crippen molar-refractivity contribution in [2.45, 2.75) is 44.3 Å². The Bertz CT molecular complexity index is 446. The summed E-state index contributed by atoms with van der Waals surface area (Å²) < 4.78 is 23.1. The summed E-state index contributed by atoms with van der Waals surface area (Å²) in [5.41, 5.74) is 0. The quantitative estimate of drug-likeness (QED) is 0.708. The summed E-state index contributed by atoms with van der Waals surface area (Å²) in [6, 6.07) is 1.21. The molecule has 0 saturated carbocycles. The zero-order valence-electron chi connectivity index (χ0n) is 11.0. The van der Waals surface area contributed by atoms with Gasteiger partial charge in [-0.2, -0.15) is 0 Å². The van der Waals surface area contributed by atoms with Gasteiger partial charge in [-0.05, 0) is 26.3 Å². The van der Waals surface area contributed by atoms with E-state index >= 15 is 0 Å². The number of nitrogens with zero attached hydrogens (tertiary/aromatic N) is 2. The maximum Gasteiger partial charge on any atom is 0.173 e. The summed E-state index contributed by atoms with van der Waals surface area (Å²) >= 11 is 0. The maximum absolute atomic E-state index is 11.5. The van der Waals surface area contributed by atoms with Crippen LogP contribution in [0.25, 0.3) is 0 Å². The lowest BCUT2D eigenvalue weighted by Gasteiger charge is -2.49. The highest BCUT2D eigenvalue weighted by Gasteiger charge is 2.38. The van der Waals surface area contributed by atoms with Crippen molar-refractivity contribution in [2.75, 3.05) is 25.4 Å². The molecule has 3 atom stereocenters. The second kappa shape index (κ2) is 4.62. The molecule has 2 saturated heterocycles. The molecule has 3 aliphatic heterocycles. The lowest BCUT2D eigenvalue weighted by atomic mass is 9.96. The molecule has 3 unspecified atom stereocenters. The largest absolute Gasteiger partial charge is 0.298 e. The predicted molar refractivity (Wildman–Crippen MR) is 72.1 cm³/mol. The highest BCUT2D eigenvalue weighted by Crippen LogP contribution is 2.27. The molecule has 0 aliphatic carbocycles. The van der Waals surface area contributed by atoms with Gasteiger partial charge in [0, 0.05) is 36.6 Å². The monoisotopic (exact) mass is 270 g/mol. The first-order valence-corrected chi connectivity index (χ1v) is 8.67. The second-order valence-corrected chi connectivity index (χ2v) is 7.85. The normalized spacial score (nSPS) is 40.8. The van der Waals surface area contributed by atoms with Crippen molar-refractivity contribution < 1.29 is 8.42 Å². The minimum atomic E-state index is -2.93. The van der Waals surface area contributed by atoms with Gasteiger partial charge in [-0.15, -0.1) is 0 Å². The van der Waals surface area contributed by atoms with Gasteiger partial charge in [0.05, 0.1) is 5.75 Å². The molecule has 3 aliphatic rings. The van der Waals surface area contributed by atoms with Crippen LogP contribution in [0, 0.1) is 0 Å². The van der Waals surface area contributed by atoms with Crippen LogP contribution in [0.15, 0.2) is 11.5 Å². The number of rotatable bonds is 1. The molecule has 3 heterocycles. The molecule has 0 spiro atoms. The Balaban J connectivity index is 1.72. The molecule has 0 aromatic heterocycles. The average molecular weight is 270 g/mol. The average Bonchev–Trinajstić information content (AvgIpc) is 2.68. The summed E-state index contributed by atoms with van der Waals surface area (Å²) in [6.45, 7) is 5.58. The molecular formula is C13H22N2O2S. The van der Waals surface area contributed by atoms with Gasteiger partial charge >= 0.3 is 0 Å². The van der Waals surface area contributed by atoms with E-state index in [9.17, 15) is 8.42 Å². The summed E-state index contributed by atoms with van der Waals surface area (Å²) in [5.74, 6) is 0.282. The Labute approximate surface area is 110 Å². The molecular weight excluding hydrogens is 248 g/mol. The highest BCUT2D eigenvalue weighted by atomic mass is 32.2. The van der Waals surface area contributed by atoms with Gasteiger partial charge < -0.3 is 0 Å². The lowest BCUT2D eigenvalue weighted by Crippen LogP contribution is -2.61. The van der Waals surface area contributed by atoms with Gasteiger partial charge in [-0.25, -0.2) is 8.42 Å². The fourth-order valence-electron chi connectivity index (χ4n) is 3.60. The molecule has 0 aromatic rings. The van der Waals surface area contributed by atoms with Crippen LogP contribution in [-0.4, -0.2) is 61.7 Å². The van der Waals surface area contributed by atoms with Crippen LogP contribution in [0.2, 0.25) is 0 Å². The minimum Gasteiger partial charge on any atom is -0.298 e. The molecule has 0 N–H and O–H groups in total. The van der Waals surface area contributed by atoms with Gasteiger partial charge in [0.2, 0.25) is 0 Å². The molecule has 102 valence electrons. The Morgan fingerprint density at radius 2 is 2.06 bits per heavy atom. The van der Waals surface area contributed by atoms with E-state index in [-0.39, 0.29) is 11.8 Å². The maximum atomic E-state index is 11.5. The summed E-state index contributed by atoms with van der Waals surface area (Å²) in [7, 11) is -2.93. The molecule has 0 bridgehead atoms. The minimum absolute atomic E-state index is 0.106. The van der Waals surface area contributed by atoms with Gasteiger partial charge in [0.1, 0.15) is 0 Å². The van der Waals surface area contributed by atoms with Crippen molar-refractivity contribution in [3.8, 4) is 0 Å². The van der Waals surface area contributed by atoms with Crippen molar-refractivity contribution in [1.82, 2.24) is 9.80 Å². The van der Waals surface area contributed by atoms with E-state index < -0.39 is 9.84 Å². The zero-order valence-corrected chi connectivity index (χ0v) is 11.8. The standard InChI is InChI=1S/C13H22N2O2S/c1-11-8-14-6-3-2-4-12(14)9-15(11)13-5-7-18(16,17)10-13/h5,7,11-13H,2-4,6,8-10H2,1H3. The lowest BCUT2D eigenvalue weighted by molar-refractivity contribution is 0.00612. The van der Waals surface area contributed by atoms with E-state index in [4.69, 9.17) is 0 Å². The van der Waals surface area contributed by atoms with Gasteiger partial charge in [-0.1, -0.05) is 12.5 Å². The first kappa shape index (κ1) is 12.6. The smallest absolute Gasteiger partial charge is 0.173 e. The molecule has 3 rings (SSSR count). The Morgan fingerprint density at radius 1 is 1.22 bits per heavy atom. The van der Waals surface area contributed by atoms with Gasteiger partial charge in [-0.3, -0.25) is 9.80 Å². The van der Waals surface area contributed by atoms with Crippen LogP contribution in [0.3, 0.4) is 0 Å². The van der Waals surface area contributed by atoms with E-state index in [1.165, 1.54) is 31.2 Å². The molecule has 0 aromatic carbocycles. The summed E-state index contributed by atoms with van der Waals surface area (Å²) in [4.78, 5) is 4.99. The predicted octanol–water partition coefficient (Wildman–Crippen LogP) is 0.856. The number of piperazine rings is 1. The number of hydrogen-bond donors (Lipinski definition) is 0. The van der Waals surface area contributed by atoms with Crippen molar-refractivity contribution in [3.63, 3.8) is 0 Å². The Hall–Kier alpha value is -0.390. The second-order valence-electron chi connectivity index (χ2n) is 5.92. The van der Waals surface area contributed by atoms with Crippen LogP contribution in [-0.2, 0) is 9.84 Å². The molecule has 18 heavy (non-hydrogen) atoms. The van der Waals surface area contributed by atoms with Crippen molar-refractivity contribution in [2.24, 2.45) is 0 Å². The van der Waals surface area contributed by atoms with E-state index in [1.54, 1.807) is 0 Å². The fraction of sp³-hybridized carbons (Fsp3) is 0.846. The van der Waals surface area contributed by atoms with Crippen molar-refractivity contribution in [1.29, 1.82) is 0 Å². The molecule has 4 nitrogen and oxygen atoms in total. The topological polar surface area (TPSA) is 40.6 Å². The third-order valence-corrected chi connectivity index (χ3v) is 5.95. The van der Waals surface area contributed by atoms with E-state index in [2.05, 4.69) is 16.7 Å². The summed E-state index contributed by atoms with van der Waals surface area (Å²) in [5, 5.41) is 1.40. The third kappa shape index (κ3) is 2.36. The first-order valence-electron chi connectivity index (χ1n) is 6.96. The van der Waals surface area contributed by atoms with Crippen molar-refractivity contribution in [3.05, 3.63) is 11.5 Å². The highest BCUT2D eigenvalue weighted by molar-refractivity contribution is 7.94. The number of sulfone groups is 1. The molecule has 5 heteroatoms. The molecule has 2 fully saturated rings. The van der Waals surface area contributed by atoms with Gasteiger partial charge in [0.25, 0.3) is 0 Å². The Kier molecular flexibility index (Phi) is 3.24. The van der Waals surface area contributed by atoms with Crippen LogP contribution < -0.4 is 0 Å². The van der Waals surface area contributed by atoms with Gasteiger partial charge in [0.15, 0.2) is 9.84 Å². The first-order chi connectivity index (χ1) is 8.55. The van der Waals surface area contributed by atoms with Crippen LogP contribution >= 0.6 is 0 Å². The molecule has 0 amide bonds. The molecule has 0 radical (unpaired) electrons. The zero-order chi connectivity index (χ0) is 12.8.